The van der Waals surface area contributed by atoms with Gasteiger partial charge in [0.1, 0.15) is 11.5 Å². The molecule has 31 heavy (non-hydrogen) atoms. The van der Waals surface area contributed by atoms with E-state index in [4.69, 9.17) is 9.47 Å². The molecule has 6 nitrogen and oxygen atoms in total. The standard InChI is InChI=1S/C25H34N2O4/c1-30-23-9-5-7-21(16-23)17-27-18-22-15-20(8-6-13-28)10-11-24(22)31-14-4-2-3-12-26-25(29)19-27/h5,7,9-11,15-16,28H,2-4,6,8,12-14,17-19H2,1H3,(H,26,29). The summed E-state index contributed by atoms with van der Waals surface area (Å²) in [6, 6.07) is 14.2. The van der Waals surface area contributed by atoms with Gasteiger partial charge in [-0.2, -0.15) is 0 Å². The number of hydrogen-bond donors (Lipinski definition) is 2. The summed E-state index contributed by atoms with van der Waals surface area (Å²) in [7, 11) is 1.66. The van der Waals surface area contributed by atoms with Gasteiger partial charge in [0.25, 0.3) is 0 Å². The lowest BCUT2D eigenvalue weighted by Crippen LogP contribution is -2.37. The lowest BCUT2D eigenvalue weighted by Gasteiger charge is -2.24. The summed E-state index contributed by atoms with van der Waals surface area (Å²) < 4.78 is 11.5. The molecule has 0 unspecified atom stereocenters. The molecule has 1 aliphatic heterocycles. The van der Waals surface area contributed by atoms with Crippen molar-refractivity contribution in [3.8, 4) is 11.5 Å². The number of amides is 1. The van der Waals surface area contributed by atoms with Crippen molar-refractivity contribution < 1.29 is 19.4 Å². The predicted octanol–water partition coefficient (Wildman–Crippen LogP) is 3.30. The highest BCUT2D eigenvalue weighted by Crippen LogP contribution is 2.25. The number of aryl methyl sites for hydroxylation is 1. The number of benzene rings is 2. The van der Waals surface area contributed by atoms with Gasteiger partial charge in [0.15, 0.2) is 0 Å². The summed E-state index contributed by atoms with van der Waals surface area (Å²) in [5.41, 5.74) is 3.34. The summed E-state index contributed by atoms with van der Waals surface area (Å²) in [6.07, 6.45) is 4.50. The number of nitrogens with one attached hydrogen (secondary N) is 1. The van der Waals surface area contributed by atoms with Crippen molar-refractivity contribution in [1.29, 1.82) is 0 Å². The molecule has 2 aromatic carbocycles. The summed E-state index contributed by atoms with van der Waals surface area (Å²) >= 11 is 0. The molecule has 3 rings (SSSR count). The highest BCUT2D eigenvalue weighted by molar-refractivity contribution is 5.78. The van der Waals surface area contributed by atoms with Gasteiger partial charge in [-0.15, -0.1) is 0 Å². The number of carbonyl (C=O) groups is 1. The summed E-state index contributed by atoms with van der Waals surface area (Å²) in [4.78, 5) is 14.7. The Balaban J connectivity index is 1.86. The minimum Gasteiger partial charge on any atom is -0.497 e. The lowest BCUT2D eigenvalue weighted by atomic mass is 10.0. The molecule has 0 radical (unpaired) electrons. The number of methoxy groups -OCH3 is 1. The van der Waals surface area contributed by atoms with Gasteiger partial charge in [0.2, 0.25) is 5.91 Å². The van der Waals surface area contributed by atoms with Crippen molar-refractivity contribution in [2.75, 3.05) is 33.4 Å². The van der Waals surface area contributed by atoms with Crippen molar-refractivity contribution in [3.63, 3.8) is 0 Å². The monoisotopic (exact) mass is 426 g/mol. The minimum absolute atomic E-state index is 0.0426. The third-order valence-corrected chi connectivity index (χ3v) is 5.45. The molecule has 1 heterocycles. The van der Waals surface area contributed by atoms with Gasteiger partial charge in [-0.05, 0) is 61.4 Å². The number of rotatable bonds is 6. The van der Waals surface area contributed by atoms with Crippen LogP contribution in [0.1, 0.15) is 42.4 Å². The zero-order chi connectivity index (χ0) is 21.9. The molecule has 0 atom stereocenters. The van der Waals surface area contributed by atoms with Gasteiger partial charge in [0, 0.05) is 31.8 Å². The minimum atomic E-state index is 0.0426. The Morgan fingerprint density at radius 1 is 1.10 bits per heavy atom. The number of nitrogens with zero attached hydrogens (tertiary/aromatic N) is 1. The lowest BCUT2D eigenvalue weighted by molar-refractivity contribution is -0.122. The molecule has 0 saturated carbocycles. The molecule has 1 aliphatic rings. The summed E-state index contributed by atoms with van der Waals surface area (Å²) in [6.45, 7) is 3.10. The zero-order valence-corrected chi connectivity index (χ0v) is 18.4. The average molecular weight is 427 g/mol. The van der Waals surface area contributed by atoms with Gasteiger partial charge >= 0.3 is 0 Å². The molecule has 0 spiro atoms. The second kappa shape index (κ2) is 12.3. The number of ether oxygens (including phenoxy) is 2. The molecular formula is C25H34N2O4. The Labute approximate surface area is 185 Å². The van der Waals surface area contributed by atoms with Crippen LogP contribution < -0.4 is 14.8 Å². The van der Waals surface area contributed by atoms with Gasteiger partial charge in [-0.1, -0.05) is 24.3 Å². The first kappa shape index (κ1) is 23.1. The van der Waals surface area contributed by atoms with E-state index >= 15 is 0 Å². The topological polar surface area (TPSA) is 71.0 Å². The van der Waals surface area contributed by atoms with Crippen molar-refractivity contribution in [3.05, 3.63) is 59.2 Å². The molecule has 1 amide bonds. The van der Waals surface area contributed by atoms with Crippen LogP contribution in [0.15, 0.2) is 42.5 Å². The van der Waals surface area contributed by atoms with Crippen LogP contribution in [0.5, 0.6) is 11.5 Å². The van der Waals surface area contributed by atoms with E-state index in [1.54, 1.807) is 7.11 Å². The molecule has 0 aromatic heterocycles. The van der Waals surface area contributed by atoms with Crippen LogP contribution in [-0.4, -0.2) is 49.3 Å². The van der Waals surface area contributed by atoms with E-state index in [1.165, 1.54) is 5.56 Å². The van der Waals surface area contributed by atoms with Crippen LogP contribution in [0.25, 0.3) is 0 Å². The van der Waals surface area contributed by atoms with E-state index in [2.05, 4.69) is 28.4 Å². The Morgan fingerprint density at radius 3 is 2.84 bits per heavy atom. The van der Waals surface area contributed by atoms with Crippen LogP contribution >= 0.6 is 0 Å². The quantitative estimate of drug-likeness (QED) is 0.742. The Hall–Kier alpha value is -2.57. The normalized spacial score (nSPS) is 16.1. The third kappa shape index (κ3) is 7.56. The molecular weight excluding hydrogens is 392 g/mol. The first-order valence-corrected chi connectivity index (χ1v) is 11.2. The zero-order valence-electron chi connectivity index (χ0n) is 18.4. The molecule has 168 valence electrons. The van der Waals surface area contributed by atoms with Crippen molar-refractivity contribution in [1.82, 2.24) is 10.2 Å². The second-order valence-corrected chi connectivity index (χ2v) is 8.03. The largest absolute Gasteiger partial charge is 0.497 e. The molecule has 2 N–H and O–H groups in total. The average Bonchev–Trinajstić information content (AvgIpc) is 2.79. The van der Waals surface area contributed by atoms with Gasteiger partial charge < -0.3 is 19.9 Å². The van der Waals surface area contributed by atoms with Crippen molar-refractivity contribution in [2.45, 2.75) is 45.2 Å². The maximum absolute atomic E-state index is 12.6. The predicted molar refractivity (Wildman–Crippen MR) is 121 cm³/mol. The summed E-state index contributed by atoms with van der Waals surface area (Å²) in [5, 5.41) is 12.2. The van der Waals surface area contributed by atoms with Crippen molar-refractivity contribution in [2.24, 2.45) is 0 Å². The molecule has 6 heteroatoms. The molecule has 0 fully saturated rings. The van der Waals surface area contributed by atoms with Gasteiger partial charge in [-0.25, -0.2) is 0 Å². The van der Waals surface area contributed by atoms with Crippen LogP contribution in [0.2, 0.25) is 0 Å². The fourth-order valence-corrected chi connectivity index (χ4v) is 3.85. The van der Waals surface area contributed by atoms with E-state index < -0.39 is 0 Å². The molecule has 0 saturated heterocycles. The third-order valence-electron chi connectivity index (χ3n) is 5.45. The molecule has 0 bridgehead atoms. The highest BCUT2D eigenvalue weighted by atomic mass is 16.5. The van der Waals surface area contributed by atoms with Crippen LogP contribution in [-0.2, 0) is 24.3 Å². The van der Waals surface area contributed by atoms with Crippen molar-refractivity contribution >= 4 is 5.91 Å². The van der Waals surface area contributed by atoms with Crippen LogP contribution in [0.4, 0.5) is 0 Å². The Morgan fingerprint density at radius 2 is 2.00 bits per heavy atom. The second-order valence-electron chi connectivity index (χ2n) is 8.03. The maximum Gasteiger partial charge on any atom is 0.234 e. The fraction of sp³-hybridized carbons (Fsp3) is 0.480. The summed E-state index contributed by atoms with van der Waals surface area (Å²) in [5.74, 6) is 1.73. The number of fused-ring (bicyclic) bond motifs is 1. The first-order valence-electron chi connectivity index (χ1n) is 11.2. The van der Waals surface area contributed by atoms with Crippen LogP contribution in [0, 0.1) is 0 Å². The smallest absolute Gasteiger partial charge is 0.234 e. The van der Waals surface area contributed by atoms with E-state index in [-0.39, 0.29) is 12.5 Å². The van der Waals surface area contributed by atoms with Crippen LogP contribution in [0.3, 0.4) is 0 Å². The SMILES string of the molecule is COc1cccc(CN2CC(=O)NCCCCCOc3ccc(CCCO)cc3C2)c1. The van der Waals surface area contributed by atoms with Gasteiger partial charge in [0.05, 0.1) is 20.3 Å². The van der Waals surface area contributed by atoms with E-state index in [1.807, 2.05) is 24.3 Å². The number of carbonyl (C=O) groups excluding carboxylic acids is 1. The first-order chi connectivity index (χ1) is 15.2. The molecule has 0 aliphatic carbocycles. The maximum atomic E-state index is 12.6. The Kier molecular flexibility index (Phi) is 9.18. The van der Waals surface area contributed by atoms with Gasteiger partial charge in [-0.3, -0.25) is 9.69 Å². The fourth-order valence-electron chi connectivity index (χ4n) is 3.85. The van der Waals surface area contributed by atoms with E-state index in [0.29, 0.717) is 32.8 Å². The molecule has 2 aromatic rings. The van der Waals surface area contributed by atoms with E-state index in [0.717, 1.165) is 54.7 Å². The highest BCUT2D eigenvalue weighted by Gasteiger charge is 2.16. The number of hydrogen-bond acceptors (Lipinski definition) is 5. The number of aliphatic hydroxyl groups is 1. The Bertz CT molecular complexity index is 840. The van der Waals surface area contributed by atoms with E-state index in [9.17, 15) is 9.90 Å². The number of aliphatic hydroxyl groups excluding tert-OH is 1.